The van der Waals surface area contributed by atoms with Gasteiger partial charge in [0.05, 0.1) is 0 Å². The van der Waals surface area contributed by atoms with Crippen LogP contribution in [0.15, 0.2) is 109 Å². The molecule has 0 aromatic rings. The van der Waals surface area contributed by atoms with Gasteiger partial charge in [0, 0.05) is 19.3 Å². The molecule has 0 rings (SSSR count). The lowest BCUT2D eigenvalue weighted by Gasteiger charge is -2.18. The highest BCUT2D eigenvalue weighted by Crippen LogP contribution is 2.16. The van der Waals surface area contributed by atoms with Gasteiger partial charge in [-0.15, -0.1) is 0 Å². The van der Waals surface area contributed by atoms with Crippen molar-refractivity contribution < 1.29 is 28.6 Å². The first-order chi connectivity index (χ1) is 38.0. The lowest BCUT2D eigenvalue weighted by Crippen LogP contribution is -2.30. The summed E-state index contributed by atoms with van der Waals surface area (Å²) < 4.78 is 16.9. The smallest absolute Gasteiger partial charge is 0.306 e. The van der Waals surface area contributed by atoms with Crippen molar-refractivity contribution in [2.45, 2.75) is 309 Å². The quantitative estimate of drug-likeness (QED) is 0.0261. The number of hydrogen-bond acceptors (Lipinski definition) is 6. The lowest BCUT2D eigenvalue weighted by molar-refractivity contribution is -0.167. The molecule has 0 saturated carbocycles. The summed E-state index contributed by atoms with van der Waals surface area (Å²) in [6.45, 7) is 6.51. The van der Waals surface area contributed by atoms with Crippen LogP contribution < -0.4 is 0 Å². The molecule has 6 nitrogen and oxygen atoms in total. The van der Waals surface area contributed by atoms with Crippen LogP contribution >= 0.6 is 0 Å². The molecule has 0 aliphatic carbocycles. The number of carbonyl (C=O) groups excluding carboxylic acids is 3. The van der Waals surface area contributed by atoms with Crippen molar-refractivity contribution in [1.82, 2.24) is 0 Å². The molecule has 0 spiro atoms. The largest absolute Gasteiger partial charge is 0.462 e. The fourth-order valence-corrected chi connectivity index (χ4v) is 8.92. The second-order valence-electron chi connectivity index (χ2n) is 21.3. The van der Waals surface area contributed by atoms with E-state index in [4.69, 9.17) is 14.2 Å². The minimum absolute atomic E-state index is 0.0885. The van der Waals surface area contributed by atoms with Gasteiger partial charge in [0.2, 0.25) is 0 Å². The maximum absolute atomic E-state index is 12.9. The number of hydrogen-bond donors (Lipinski definition) is 0. The molecule has 0 aromatic heterocycles. The van der Waals surface area contributed by atoms with Crippen LogP contribution in [0.4, 0.5) is 0 Å². The molecule has 0 radical (unpaired) electrons. The molecule has 0 fully saturated rings. The van der Waals surface area contributed by atoms with Gasteiger partial charge in [-0.05, 0) is 109 Å². The first kappa shape index (κ1) is 73.1. The van der Waals surface area contributed by atoms with Crippen LogP contribution in [-0.2, 0) is 28.6 Å². The third kappa shape index (κ3) is 62.8. The Bertz CT molecular complexity index is 1560. The molecule has 0 aliphatic heterocycles. The van der Waals surface area contributed by atoms with Crippen molar-refractivity contribution in [2.24, 2.45) is 0 Å². The number of rotatable bonds is 58. The molecule has 0 bridgehead atoms. The van der Waals surface area contributed by atoms with E-state index in [1.54, 1.807) is 0 Å². The summed E-state index contributed by atoms with van der Waals surface area (Å²) in [5.74, 6) is -0.913. The monoisotopic (exact) mass is 1070 g/mol. The molecule has 0 amide bonds. The lowest BCUT2D eigenvalue weighted by atomic mass is 10.0. The van der Waals surface area contributed by atoms with Gasteiger partial charge in [0.25, 0.3) is 0 Å². The van der Waals surface area contributed by atoms with Gasteiger partial charge in [-0.2, -0.15) is 0 Å². The van der Waals surface area contributed by atoms with Crippen molar-refractivity contribution in [3.63, 3.8) is 0 Å². The molecule has 1 atom stereocenters. The Labute approximate surface area is 476 Å². The molecule has 0 heterocycles. The summed E-state index contributed by atoms with van der Waals surface area (Å²) in [4.78, 5) is 38.3. The van der Waals surface area contributed by atoms with E-state index in [2.05, 4.69) is 130 Å². The van der Waals surface area contributed by atoms with E-state index in [-0.39, 0.29) is 31.1 Å². The first-order valence-corrected chi connectivity index (χ1v) is 32.4. The Kier molecular flexibility index (Phi) is 61.3. The second-order valence-corrected chi connectivity index (χ2v) is 21.3. The second kappa shape index (κ2) is 64.6. The van der Waals surface area contributed by atoms with Crippen LogP contribution in [0.1, 0.15) is 303 Å². The molecular formula is C71H120O6. The van der Waals surface area contributed by atoms with Gasteiger partial charge < -0.3 is 14.2 Å². The predicted molar refractivity (Wildman–Crippen MR) is 334 cm³/mol. The Morgan fingerprint density at radius 1 is 0.273 bits per heavy atom. The molecule has 1 unspecified atom stereocenters. The maximum Gasteiger partial charge on any atom is 0.306 e. The van der Waals surface area contributed by atoms with Crippen LogP contribution in [-0.4, -0.2) is 37.2 Å². The van der Waals surface area contributed by atoms with Crippen molar-refractivity contribution in [2.75, 3.05) is 13.2 Å². The number of ether oxygens (including phenoxy) is 3. The van der Waals surface area contributed by atoms with Crippen LogP contribution in [0.2, 0.25) is 0 Å². The number of allylic oxidation sites excluding steroid dienone is 18. The molecular weight excluding hydrogens is 949 g/mol. The highest BCUT2D eigenvalue weighted by Gasteiger charge is 2.19. The van der Waals surface area contributed by atoms with E-state index in [0.717, 1.165) is 148 Å². The SMILES string of the molecule is CC/C=C\C/C=C\C/C=C\C/C=C\C/C=C\C/C=C\C/C=C\CCCCCCCC(=O)OCC(COC(=O)CCCCCCCCCCCCCCCCCC)OC(=O)CCCCCCC/C=C\C/C=C\CCCCCC. The summed E-state index contributed by atoms with van der Waals surface area (Å²) >= 11 is 0. The summed E-state index contributed by atoms with van der Waals surface area (Å²) in [6, 6.07) is 0. The standard InChI is InChI=1S/C71H120O6/c1-4-7-10-13-16-19-22-25-28-31-32-33-34-35-36-37-38-39-40-41-44-46-49-52-55-58-61-64-70(73)76-67-68(77-71(74)65-62-59-56-53-50-47-43-30-27-24-21-18-15-12-9-6-3)66-75-69(72)63-60-57-54-51-48-45-42-29-26-23-20-17-14-11-8-5-2/h7,10,16,19,21,24-25,28,30,32-33,35-36,38-39,41,43-44,68H,4-6,8-9,11-15,17-18,20,22-23,26-27,29,31,34,37,40,42,45-67H2,1-3H3/b10-7-,19-16-,24-21-,28-25-,33-32-,36-35-,39-38-,43-30-,44-41-. The van der Waals surface area contributed by atoms with Crippen molar-refractivity contribution >= 4 is 17.9 Å². The van der Waals surface area contributed by atoms with Crippen LogP contribution in [0.3, 0.4) is 0 Å². The zero-order valence-electron chi connectivity index (χ0n) is 50.4. The third-order valence-corrected chi connectivity index (χ3v) is 13.8. The van der Waals surface area contributed by atoms with Crippen molar-refractivity contribution in [3.8, 4) is 0 Å². The first-order valence-electron chi connectivity index (χ1n) is 32.4. The molecule has 77 heavy (non-hydrogen) atoms. The van der Waals surface area contributed by atoms with E-state index >= 15 is 0 Å². The van der Waals surface area contributed by atoms with Crippen molar-refractivity contribution in [1.29, 1.82) is 0 Å². The molecule has 0 N–H and O–H groups in total. The van der Waals surface area contributed by atoms with E-state index < -0.39 is 6.10 Å². The van der Waals surface area contributed by atoms with E-state index in [1.807, 2.05) is 0 Å². The number of unbranched alkanes of at least 4 members (excludes halogenated alkanes) is 29. The number of esters is 3. The van der Waals surface area contributed by atoms with Gasteiger partial charge >= 0.3 is 17.9 Å². The Morgan fingerprint density at radius 2 is 0.506 bits per heavy atom. The van der Waals surface area contributed by atoms with Gasteiger partial charge in [0.1, 0.15) is 13.2 Å². The molecule has 440 valence electrons. The van der Waals surface area contributed by atoms with Gasteiger partial charge in [-0.3, -0.25) is 14.4 Å². The highest BCUT2D eigenvalue weighted by atomic mass is 16.6. The molecule has 0 saturated heterocycles. The fourth-order valence-electron chi connectivity index (χ4n) is 8.92. The van der Waals surface area contributed by atoms with Gasteiger partial charge in [-0.1, -0.05) is 284 Å². The zero-order chi connectivity index (χ0) is 55.7. The van der Waals surface area contributed by atoms with Gasteiger partial charge in [0.15, 0.2) is 6.10 Å². The summed E-state index contributed by atoms with van der Waals surface area (Å²) in [5.41, 5.74) is 0. The summed E-state index contributed by atoms with van der Waals surface area (Å²) in [7, 11) is 0. The average Bonchev–Trinajstić information content (AvgIpc) is 3.43. The maximum atomic E-state index is 12.9. The minimum Gasteiger partial charge on any atom is -0.462 e. The number of carbonyl (C=O) groups is 3. The Hall–Kier alpha value is -3.93. The normalized spacial score (nSPS) is 12.8. The van der Waals surface area contributed by atoms with E-state index in [9.17, 15) is 14.4 Å². The summed E-state index contributed by atoms with van der Waals surface area (Å²) in [5, 5.41) is 0. The van der Waals surface area contributed by atoms with E-state index in [1.165, 1.54) is 116 Å². The van der Waals surface area contributed by atoms with Crippen LogP contribution in [0, 0.1) is 0 Å². The zero-order valence-corrected chi connectivity index (χ0v) is 50.4. The van der Waals surface area contributed by atoms with E-state index in [0.29, 0.717) is 19.3 Å². The predicted octanol–water partition coefficient (Wildman–Crippen LogP) is 22.2. The van der Waals surface area contributed by atoms with Crippen LogP contribution in [0.25, 0.3) is 0 Å². The fraction of sp³-hybridized carbons (Fsp3) is 0.704. The highest BCUT2D eigenvalue weighted by molar-refractivity contribution is 5.71. The Morgan fingerprint density at radius 3 is 0.805 bits per heavy atom. The topological polar surface area (TPSA) is 78.9 Å². The molecule has 6 heteroatoms. The Balaban J connectivity index is 4.40. The molecule has 0 aliphatic rings. The summed E-state index contributed by atoms with van der Waals surface area (Å²) in [6.07, 6.45) is 88.0. The van der Waals surface area contributed by atoms with Crippen LogP contribution in [0.5, 0.6) is 0 Å². The third-order valence-electron chi connectivity index (χ3n) is 13.8. The minimum atomic E-state index is -0.795. The van der Waals surface area contributed by atoms with Crippen molar-refractivity contribution in [3.05, 3.63) is 109 Å². The average molecular weight is 1070 g/mol. The van der Waals surface area contributed by atoms with Gasteiger partial charge in [-0.25, -0.2) is 0 Å². The molecule has 0 aromatic carbocycles.